The molecular formula is C12H17N3O3. The van der Waals surface area contributed by atoms with Crippen molar-refractivity contribution in [1.82, 2.24) is 15.1 Å². The number of nitrogens with one attached hydrogen (secondary N) is 1. The third-order valence-electron chi connectivity index (χ3n) is 2.15. The van der Waals surface area contributed by atoms with Crippen molar-refractivity contribution in [2.75, 3.05) is 6.61 Å². The Morgan fingerprint density at radius 2 is 2.22 bits per heavy atom. The number of aromatic nitrogens is 2. The van der Waals surface area contributed by atoms with Crippen LogP contribution in [0, 0.1) is 0 Å². The van der Waals surface area contributed by atoms with Crippen LogP contribution in [0.3, 0.4) is 0 Å². The van der Waals surface area contributed by atoms with Crippen LogP contribution in [0.1, 0.15) is 31.1 Å². The van der Waals surface area contributed by atoms with Gasteiger partial charge in [-0.2, -0.15) is 5.10 Å². The smallest absolute Gasteiger partial charge is 0.332 e. The lowest BCUT2D eigenvalue weighted by Gasteiger charge is -2.03. The molecule has 0 aromatic carbocycles. The van der Waals surface area contributed by atoms with E-state index in [4.69, 9.17) is 4.74 Å². The molecule has 6 nitrogen and oxygen atoms in total. The standard InChI is InChI=1S/C12H17N3O3/c1-4-15-8-10(7-13-15)12(17)14-9(3)6-11(16)18-5-2/h6-8H,4-5H2,1-3H3,(H,14,17)/b9-6+. The molecule has 0 bridgehead atoms. The highest BCUT2D eigenvalue weighted by atomic mass is 16.5. The third kappa shape index (κ3) is 4.04. The van der Waals surface area contributed by atoms with E-state index in [1.807, 2.05) is 6.92 Å². The summed E-state index contributed by atoms with van der Waals surface area (Å²) in [7, 11) is 0. The van der Waals surface area contributed by atoms with Crippen LogP contribution in [0.25, 0.3) is 0 Å². The largest absolute Gasteiger partial charge is 0.463 e. The molecule has 0 saturated carbocycles. The fourth-order valence-electron chi connectivity index (χ4n) is 1.30. The zero-order valence-corrected chi connectivity index (χ0v) is 10.8. The minimum absolute atomic E-state index is 0.298. The van der Waals surface area contributed by atoms with Crippen molar-refractivity contribution in [3.05, 3.63) is 29.7 Å². The summed E-state index contributed by atoms with van der Waals surface area (Å²) >= 11 is 0. The number of aryl methyl sites for hydroxylation is 1. The van der Waals surface area contributed by atoms with E-state index in [0.29, 0.717) is 24.4 Å². The number of amides is 1. The van der Waals surface area contributed by atoms with E-state index in [1.54, 1.807) is 24.7 Å². The summed E-state index contributed by atoms with van der Waals surface area (Å²) in [6.07, 6.45) is 4.37. The van der Waals surface area contributed by atoms with E-state index in [2.05, 4.69) is 10.4 Å². The van der Waals surface area contributed by atoms with Gasteiger partial charge in [0.05, 0.1) is 18.4 Å². The topological polar surface area (TPSA) is 73.2 Å². The Bertz CT molecular complexity index is 463. The molecule has 1 aromatic rings. The van der Waals surface area contributed by atoms with Gasteiger partial charge in [0.25, 0.3) is 5.91 Å². The average Bonchev–Trinajstić information content (AvgIpc) is 2.77. The molecule has 1 rings (SSSR count). The van der Waals surface area contributed by atoms with Gasteiger partial charge >= 0.3 is 5.97 Å². The van der Waals surface area contributed by atoms with Gasteiger partial charge in [0.2, 0.25) is 0 Å². The average molecular weight is 251 g/mol. The number of hydrogen-bond acceptors (Lipinski definition) is 4. The quantitative estimate of drug-likeness (QED) is 0.628. The van der Waals surface area contributed by atoms with Crippen molar-refractivity contribution in [3.63, 3.8) is 0 Å². The number of carbonyl (C=O) groups excluding carboxylic acids is 2. The molecule has 98 valence electrons. The van der Waals surface area contributed by atoms with Gasteiger partial charge in [-0.25, -0.2) is 4.79 Å². The van der Waals surface area contributed by atoms with Crippen molar-refractivity contribution in [2.45, 2.75) is 27.3 Å². The first-order chi connectivity index (χ1) is 8.56. The number of hydrogen-bond donors (Lipinski definition) is 1. The van der Waals surface area contributed by atoms with Crippen LogP contribution < -0.4 is 5.32 Å². The summed E-state index contributed by atoms with van der Waals surface area (Å²) in [4.78, 5) is 22.9. The molecule has 0 spiro atoms. The summed E-state index contributed by atoms with van der Waals surface area (Å²) in [5, 5.41) is 6.59. The Kier molecular flexibility index (Phi) is 5.10. The van der Waals surface area contributed by atoms with E-state index in [-0.39, 0.29) is 5.91 Å². The molecule has 0 atom stereocenters. The first kappa shape index (κ1) is 14.0. The first-order valence-electron chi connectivity index (χ1n) is 5.75. The Balaban J connectivity index is 2.61. The summed E-state index contributed by atoms with van der Waals surface area (Å²) in [6.45, 7) is 6.28. The van der Waals surface area contributed by atoms with Gasteiger partial charge in [-0.05, 0) is 20.8 Å². The normalized spacial score (nSPS) is 11.2. The molecule has 1 amide bonds. The van der Waals surface area contributed by atoms with Crippen molar-refractivity contribution in [3.8, 4) is 0 Å². The van der Waals surface area contributed by atoms with Crippen LogP contribution in [-0.2, 0) is 16.1 Å². The van der Waals surface area contributed by atoms with Crippen LogP contribution in [0.5, 0.6) is 0 Å². The summed E-state index contributed by atoms with van der Waals surface area (Å²) in [5.74, 6) is -0.771. The lowest BCUT2D eigenvalue weighted by molar-refractivity contribution is -0.137. The monoisotopic (exact) mass is 251 g/mol. The molecule has 0 aliphatic heterocycles. The second-order valence-electron chi connectivity index (χ2n) is 3.62. The third-order valence-corrected chi connectivity index (χ3v) is 2.15. The molecule has 1 N–H and O–H groups in total. The SMILES string of the molecule is CCOC(=O)/C=C(\C)NC(=O)c1cnn(CC)c1. The number of carbonyl (C=O) groups is 2. The van der Waals surface area contributed by atoms with Crippen LogP contribution in [-0.4, -0.2) is 28.3 Å². The van der Waals surface area contributed by atoms with Crippen molar-refractivity contribution in [2.24, 2.45) is 0 Å². The van der Waals surface area contributed by atoms with E-state index in [0.717, 1.165) is 0 Å². The maximum atomic E-state index is 11.8. The Morgan fingerprint density at radius 1 is 1.50 bits per heavy atom. The van der Waals surface area contributed by atoms with Gasteiger partial charge in [-0.15, -0.1) is 0 Å². The predicted octanol–water partition coefficient (Wildman–Crippen LogP) is 1.10. The molecule has 1 heterocycles. The van der Waals surface area contributed by atoms with Crippen LogP contribution in [0.4, 0.5) is 0 Å². The zero-order valence-electron chi connectivity index (χ0n) is 10.8. The van der Waals surface area contributed by atoms with Gasteiger partial charge in [0.1, 0.15) is 0 Å². The van der Waals surface area contributed by atoms with Crippen LogP contribution in [0.15, 0.2) is 24.2 Å². The number of esters is 1. The first-order valence-corrected chi connectivity index (χ1v) is 5.75. The molecule has 6 heteroatoms. The van der Waals surface area contributed by atoms with E-state index in [9.17, 15) is 9.59 Å². The molecule has 0 unspecified atom stereocenters. The molecular weight excluding hydrogens is 234 g/mol. The minimum atomic E-state index is -0.473. The molecule has 18 heavy (non-hydrogen) atoms. The Labute approximate surface area is 106 Å². The second kappa shape index (κ2) is 6.58. The highest BCUT2D eigenvalue weighted by Crippen LogP contribution is 1.99. The molecule has 0 aliphatic carbocycles. The van der Waals surface area contributed by atoms with E-state index < -0.39 is 5.97 Å². The number of ether oxygens (including phenoxy) is 1. The van der Waals surface area contributed by atoms with Gasteiger partial charge in [0, 0.05) is 24.5 Å². The number of nitrogens with zero attached hydrogens (tertiary/aromatic N) is 2. The lowest BCUT2D eigenvalue weighted by Crippen LogP contribution is -2.21. The Morgan fingerprint density at radius 3 is 2.78 bits per heavy atom. The van der Waals surface area contributed by atoms with Gasteiger partial charge in [-0.3, -0.25) is 9.48 Å². The summed E-state index contributed by atoms with van der Waals surface area (Å²) < 4.78 is 6.39. The van der Waals surface area contributed by atoms with Gasteiger partial charge in [-0.1, -0.05) is 0 Å². The summed E-state index contributed by atoms with van der Waals surface area (Å²) in [6, 6.07) is 0. The van der Waals surface area contributed by atoms with Crippen LogP contribution in [0.2, 0.25) is 0 Å². The van der Waals surface area contributed by atoms with Crippen molar-refractivity contribution < 1.29 is 14.3 Å². The fourth-order valence-corrected chi connectivity index (χ4v) is 1.30. The van der Waals surface area contributed by atoms with Gasteiger partial charge in [0.15, 0.2) is 0 Å². The van der Waals surface area contributed by atoms with E-state index >= 15 is 0 Å². The number of allylic oxidation sites excluding steroid dienone is 1. The molecule has 0 fully saturated rings. The molecule has 1 aromatic heterocycles. The minimum Gasteiger partial charge on any atom is -0.463 e. The van der Waals surface area contributed by atoms with E-state index in [1.165, 1.54) is 12.3 Å². The molecule has 0 saturated heterocycles. The molecule has 0 radical (unpaired) electrons. The summed E-state index contributed by atoms with van der Waals surface area (Å²) in [5.41, 5.74) is 0.885. The molecule has 0 aliphatic rings. The second-order valence-corrected chi connectivity index (χ2v) is 3.62. The van der Waals surface area contributed by atoms with Crippen molar-refractivity contribution >= 4 is 11.9 Å². The maximum absolute atomic E-state index is 11.8. The highest BCUT2D eigenvalue weighted by Gasteiger charge is 2.09. The Hall–Kier alpha value is -2.11. The van der Waals surface area contributed by atoms with Crippen LogP contribution >= 0.6 is 0 Å². The van der Waals surface area contributed by atoms with Gasteiger partial charge < -0.3 is 10.1 Å². The lowest BCUT2D eigenvalue weighted by atomic mass is 10.3. The maximum Gasteiger partial charge on any atom is 0.332 e. The van der Waals surface area contributed by atoms with Crippen molar-refractivity contribution in [1.29, 1.82) is 0 Å². The zero-order chi connectivity index (χ0) is 13.5. The highest BCUT2D eigenvalue weighted by molar-refractivity contribution is 5.95. The predicted molar refractivity (Wildman–Crippen MR) is 65.8 cm³/mol. The fraction of sp³-hybridized carbons (Fsp3) is 0.417. The number of rotatable bonds is 5.